The van der Waals surface area contributed by atoms with E-state index in [1.807, 2.05) is 53.4 Å². The summed E-state index contributed by atoms with van der Waals surface area (Å²) in [5.74, 6) is 1.35. The second kappa shape index (κ2) is 8.60. The van der Waals surface area contributed by atoms with Crippen molar-refractivity contribution in [1.29, 1.82) is 0 Å². The van der Waals surface area contributed by atoms with Gasteiger partial charge < -0.3 is 14.5 Å². The third-order valence-electron chi connectivity index (χ3n) is 4.90. The van der Waals surface area contributed by atoms with Crippen LogP contribution in [0.5, 0.6) is 5.75 Å². The molecule has 2 heterocycles. The molecule has 0 N–H and O–H groups in total. The molecular weight excluding hydrogens is 436 g/mol. The van der Waals surface area contributed by atoms with Crippen molar-refractivity contribution in [3.05, 3.63) is 53.0 Å². The molecule has 0 atom stereocenters. The molecule has 0 radical (unpaired) electrons. The fourth-order valence-corrected chi connectivity index (χ4v) is 3.52. The molecule has 0 unspecified atom stereocenters. The monoisotopic (exact) mass is 456 g/mol. The zero-order valence-corrected chi connectivity index (χ0v) is 17.6. The lowest BCUT2D eigenvalue weighted by atomic mass is 10.2. The summed E-state index contributed by atoms with van der Waals surface area (Å²) in [5, 5.41) is 12.4. The number of piperazine rings is 1. The Kier molecular flexibility index (Phi) is 5.75. The van der Waals surface area contributed by atoms with Crippen LogP contribution >= 0.6 is 15.9 Å². The Hall–Kier alpha value is -2.94. The highest BCUT2D eigenvalue weighted by Gasteiger charge is 2.22. The maximum absolute atomic E-state index is 12.6. The minimum Gasteiger partial charge on any atom is -0.497 e. The smallest absolute Gasteiger partial charge is 0.246 e. The summed E-state index contributed by atoms with van der Waals surface area (Å²) in [5.41, 5.74) is 2.00. The van der Waals surface area contributed by atoms with Crippen LogP contribution in [0.1, 0.15) is 0 Å². The van der Waals surface area contributed by atoms with Gasteiger partial charge in [-0.25, -0.2) is 0 Å². The van der Waals surface area contributed by atoms with Gasteiger partial charge in [-0.05, 0) is 53.7 Å². The summed E-state index contributed by atoms with van der Waals surface area (Å²) in [6, 6.07) is 15.6. The van der Waals surface area contributed by atoms with Crippen LogP contribution in [0.4, 0.5) is 5.69 Å². The number of benzene rings is 2. The molecule has 29 heavy (non-hydrogen) atoms. The number of ether oxygens (including phenoxy) is 1. The van der Waals surface area contributed by atoms with Gasteiger partial charge in [-0.1, -0.05) is 15.9 Å². The normalized spacial score (nSPS) is 14.1. The number of hydrogen-bond donors (Lipinski definition) is 0. The molecule has 0 bridgehead atoms. The van der Waals surface area contributed by atoms with E-state index in [4.69, 9.17) is 4.74 Å². The Labute approximate surface area is 177 Å². The molecule has 9 heteroatoms. The summed E-state index contributed by atoms with van der Waals surface area (Å²) in [6.45, 7) is 2.99. The van der Waals surface area contributed by atoms with E-state index < -0.39 is 0 Å². The first-order valence-electron chi connectivity index (χ1n) is 9.33. The highest BCUT2D eigenvalue weighted by atomic mass is 79.9. The van der Waals surface area contributed by atoms with Crippen LogP contribution in [0, 0.1) is 0 Å². The molecule has 8 nitrogen and oxygen atoms in total. The van der Waals surface area contributed by atoms with Crippen molar-refractivity contribution < 1.29 is 9.53 Å². The largest absolute Gasteiger partial charge is 0.497 e. The van der Waals surface area contributed by atoms with Crippen molar-refractivity contribution in [2.75, 3.05) is 38.2 Å². The van der Waals surface area contributed by atoms with Crippen molar-refractivity contribution in [3.8, 4) is 17.1 Å². The number of nitrogens with zero attached hydrogens (tertiary/aromatic N) is 6. The van der Waals surface area contributed by atoms with Gasteiger partial charge in [0, 0.05) is 41.9 Å². The predicted octanol–water partition coefficient (Wildman–Crippen LogP) is 2.46. The Bertz CT molecular complexity index is 965. The molecule has 1 aliphatic rings. The fourth-order valence-electron chi connectivity index (χ4n) is 3.25. The van der Waals surface area contributed by atoms with Crippen molar-refractivity contribution >= 4 is 27.5 Å². The first-order valence-corrected chi connectivity index (χ1v) is 10.1. The Morgan fingerprint density at radius 2 is 1.72 bits per heavy atom. The van der Waals surface area contributed by atoms with Gasteiger partial charge in [0.2, 0.25) is 11.7 Å². The maximum atomic E-state index is 12.6. The van der Waals surface area contributed by atoms with Crippen molar-refractivity contribution in [1.82, 2.24) is 25.1 Å². The van der Waals surface area contributed by atoms with E-state index >= 15 is 0 Å². The zero-order valence-electron chi connectivity index (χ0n) is 16.0. The Balaban J connectivity index is 1.32. The van der Waals surface area contributed by atoms with Gasteiger partial charge in [0.15, 0.2) is 0 Å². The SMILES string of the molecule is COc1ccc(N2CCN(C(=O)Cn3nnc(-c4ccc(Br)cc4)n3)CC2)cc1. The Morgan fingerprint density at radius 1 is 1.03 bits per heavy atom. The van der Waals surface area contributed by atoms with Crippen LogP contribution < -0.4 is 9.64 Å². The van der Waals surface area contributed by atoms with Gasteiger partial charge in [0.1, 0.15) is 12.3 Å². The number of carbonyl (C=O) groups excluding carboxylic acids is 1. The number of anilines is 1. The number of carbonyl (C=O) groups is 1. The molecule has 1 amide bonds. The molecule has 1 fully saturated rings. The van der Waals surface area contributed by atoms with Gasteiger partial charge in [0.05, 0.1) is 7.11 Å². The predicted molar refractivity (Wildman–Crippen MR) is 113 cm³/mol. The second-order valence-electron chi connectivity index (χ2n) is 6.72. The molecule has 1 aromatic heterocycles. The number of amides is 1. The van der Waals surface area contributed by atoms with Crippen LogP contribution in [-0.2, 0) is 11.3 Å². The standard InChI is InChI=1S/C20H21BrN6O2/c1-29-18-8-6-17(7-9-18)25-10-12-26(13-11-25)19(28)14-27-23-20(22-24-27)15-2-4-16(21)5-3-15/h2-9H,10-14H2,1H3. The molecule has 150 valence electrons. The van der Waals surface area contributed by atoms with Crippen molar-refractivity contribution in [2.45, 2.75) is 6.54 Å². The number of tetrazole rings is 1. The van der Waals surface area contributed by atoms with E-state index in [9.17, 15) is 4.79 Å². The summed E-state index contributed by atoms with van der Waals surface area (Å²) >= 11 is 3.40. The fraction of sp³-hybridized carbons (Fsp3) is 0.300. The summed E-state index contributed by atoms with van der Waals surface area (Å²) in [4.78, 5) is 18.1. The molecule has 1 saturated heterocycles. The Morgan fingerprint density at radius 3 is 2.38 bits per heavy atom. The van der Waals surface area contributed by atoms with Gasteiger partial charge >= 0.3 is 0 Å². The van der Waals surface area contributed by atoms with E-state index in [-0.39, 0.29) is 12.5 Å². The molecule has 0 spiro atoms. The summed E-state index contributed by atoms with van der Waals surface area (Å²) in [6.07, 6.45) is 0. The lowest BCUT2D eigenvalue weighted by Crippen LogP contribution is -2.49. The molecule has 0 saturated carbocycles. The molecule has 2 aromatic carbocycles. The van der Waals surface area contributed by atoms with E-state index in [1.54, 1.807) is 7.11 Å². The average Bonchev–Trinajstić information content (AvgIpc) is 3.23. The molecule has 1 aliphatic heterocycles. The molecular formula is C20H21BrN6O2. The van der Waals surface area contributed by atoms with E-state index in [0.29, 0.717) is 18.9 Å². The maximum Gasteiger partial charge on any atom is 0.246 e. The lowest BCUT2D eigenvalue weighted by molar-refractivity contribution is -0.132. The number of rotatable bonds is 5. The molecule has 0 aliphatic carbocycles. The van der Waals surface area contributed by atoms with Gasteiger partial charge in [-0.2, -0.15) is 4.80 Å². The van der Waals surface area contributed by atoms with Crippen molar-refractivity contribution in [2.24, 2.45) is 0 Å². The quantitative estimate of drug-likeness (QED) is 0.586. The van der Waals surface area contributed by atoms with Gasteiger partial charge in [0.25, 0.3) is 0 Å². The molecule has 3 aromatic rings. The van der Waals surface area contributed by atoms with Crippen LogP contribution in [0.15, 0.2) is 53.0 Å². The van der Waals surface area contributed by atoms with Crippen molar-refractivity contribution in [3.63, 3.8) is 0 Å². The number of hydrogen-bond acceptors (Lipinski definition) is 6. The number of halogens is 1. The van der Waals surface area contributed by atoms with E-state index in [1.165, 1.54) is 4.80 Å². The highest BCUT2D eigenvalue weighted by molar-refractivity contribution is 9.10. The zero-order chi connectivity index (χ0) is 20.2. The number of aromatic nitrogens is 4. The highest BCUT2D eigenvalue weighted by Crippen LogP contribution is 2.21. The topological polar surface area (TPSA) is 76.4 Å². The van der Waals surface area contributed by atoms with Crippen LogP contribution in [0.2, 0.25) is 0 Å². The van der Waals surface area contributed by atoms with Crippen LogP contribution in [0.25, 0.3) is 11.4 Å². The molecule has 4 rings (SSSR count). The second-order valence-corrected chi connectivity index (χ2v) is 7.63. The van der Waals surface area contributed by atoms with Crippen LogP contribution in [0.3, 0.4) is 0 Å². The lowest BCUT2D eigenvalue weighted by Gasteiger charge is -2.36. The van der Waals surface area contributed by atoms with Gasteiger partial charge in [-0.3, -0.25) is 4.79 Å². The van der Waals surface area contributed by atoms with E-state index in [0.717, 1.165) is 34.6 Å². The summed E-state index contributed by atoms with van der Waals surface area (Å²) < 4.78 is 6.19. The van der Waals surface area contributed by atoms with E-state index in [2.05, 4.69) is 36.2 Å². The third kappa shape index (κ3) is 4.56. The number of methoxy groups -OCH3 is 1. The average molecular weight is 457 g/mol. The minimum absolute atomic E-state index is 0.000799. The van der Waals surface area contributed by atoms with Crippen LogP contribution in [-0.4, -0.2) is 64.3 Å². The first kappa shape index (κ1) is 19.4. The minimum atomic E-state index is -0.000799. The van der Waals surface area contributed by atoms with Gasteiger partial charge in [-0.15, -0.1) is 10.2 Å². The summed E-state index contributed by atoms with van der Waals surface area (Å²) in [7, 11) is 1.66. The first-order chi connectivity index (χ1) is 14.1. The third-order valence-corrected chi connectivity index (χ3v) is 5.43.